The van der Waals surface area contributed by atoms with Crippen molar-refractivity contribution in [2.45, 2.75) is 51.7 Å². The van der Waals surface area contributed by atoms with Crippen LogP contribution in [0, 0.1) is 0 Å². The molecule has 1 saturated heterocycles. The molecule has 2 aromatic heterocycles. The van der Waals surface area contributed by atoms with Crippen molar-refractivity contribution in [3.8, 4) is 6.01 Å². The van der Waals surface area contributed by atoms with E-state index in [-0.39, 0.29) is 12.6 Å². The molecule has 3 aromatic rings. The van der Waals surface area contributed by atoms with Gasteiger partial charge in [0.1, 0.15) is 11.9 Å². The number of fused-ring (bicyclic) bond motifs is 1. The summed E-state index contributed by atoms with van der Waals surface area (Å²) in [7, 11) is 1.69. The van der Waals surface area contributed by atoms with Gasteiger partial charge in [-0.25, -0.2) is 4.68 Å². The lowest BCUT2D eigenvalue weighted by Gasteiger charge is -2.18. The molecule has 0 amide bonds. The maximum absolute atomic E-state index is 8.36. The lowest BCUT2D eigenvalue weighted by molar-refractivity contribution is -0.122. The van der Waals surface area contributed by atoms with E-state index >= 15 is 0 Å². The van der Waals surface area contributed by atoms with Gasteiger partial charge in [0.05, 0.1) is 18.1 Å². The highest BCUT2D eigenvalue weighted by Crippen LogP contribution is 2.24. The Bertz CT molecular complexity index is 1030. The third kappa shape index (κ3) is 6.57. The fraction of sp³-hybridized carbons (Fsp3) is 0.500. The van der Waals surface area contributed by atoms with Gasteiger partial charge in [0, 0.05) is 38.9 Å². The summed E-state index contributed by atoms with van der Waals surface area (Å²) >= 11 is 0. The Hall–Kier alpha value is -3.40. The second kappa shape index (κ2) is 12.7. The molecule has 10 heteroatoms. The maximum Gasteiger partial charge on any atom is 0.320 e. The van der Waals surface area contributed by atoms with Gasteiger partial charge in [-0.3, -0.25) is 4.79 Å². The van der Waals surface area contributed by atoms with Crippen LogP contribution in [0.3, 0.4) is 0 Å². The van der Waals surface area contributed by atoms with Gasteiger partial charge in [-0.2, -0.15) is 15.1 Å². The lowest BCUT2D eigenvalue weighted by atomic mass is 10.1. The van der Waals surface area contributed by atoms with Crippen molar-refractivity contribution in [3.05, 3.63) is 36.0 Å². The predicted octanol–water partition coefficient (Wildman–Crippen LogP) is 3.34. The highest BCUT2D eigenvalue weighted by molar-refractivity contribution is 5.85. The Kier molecular flexibility index (Phi) is 9.45. The van der Waals surface area contributed by atoms with Gasteiger partial charge in [-0.05, 0) is 37.0 Å². The number of benzene rings is 1. The van der Waals surface area contributed by atoms with Gasteiger partial charge in [0.25, 0.3) is 6.47 Å². The van der Waals surface area contributed by atoms with Gasteiger partial charge in [-0.1, -0.05) is 25.5 Å². The van der Waals surface area contributed by atoms with Gasteiger partial charge in [-0.15, -0.1) is 0 Å². The van der Waals surface area contributed by atoms with Crippen LogP contribution < -0.4 is 15.4 Å². The largest absolute Gasteiger partial charge is 0.483 e. The van der Waals surface area contributed by atoms with Crippen molar-refractivity contribution < 1.29 is 19.4 Å². The molecule has 0 unspecified atom stereocenters. The molecule has 1 aliphatic heterocycles. The SMILES string of the molecule is CCC[C@H](CCOC)Oc1nc(N)c2cnn(Cc3ccc(N4CCCC4)cc3)c2n1.O=CO. The number of carbonyl (C=O) groups is 1. The van der Waals surface area contributed by atoms with E-state index < -0.39 is 0 Å². The molecular weight excluding hydrogens is 436 g/mol. The number of rotatable bonds is 10. The molecule has 1 atom stereocenters. The normalized spacial score (nSPS) is 14.0. The van der Waals surface area contributed by atoms with E-state index in [0.29, 0.717) is 30.6 Å². The summed E-state index contributed by atoms with van der Waals surface area (Å²) in [4.78, 5) is 19.8. The van der Waals surface area contributed by atoms with Gasteiger partial charge in [0.15, 0.2) is 5.65 Å². The highest BCUT2D eigenvalue weighted by atomic mass is 16.5. The number of methoxy groups -OCH3 is 1. The molecule has 1 fully saturated rings. The highest BCUT2D eigenvalue weighted by Gasteiger charge is 2.17. The van der Waals surface area contributed by atoms with E-state index in [1.807, 2.05) is 4.68 Å². The molecule has 0 radical (unpaired) electrons. The number of carboxylic acid groups (broad SMARTS) is 1. The summed E-state index contributed by atoms with van der Waals surface area (Å²) < 4.78 is 13.1. The summed E-state index contributed by atoms with van der Waals surface area (Å²) in [6.07, 6.45) is 6.98. The topological polar surface area (TPSA) is 129 Å². The first-order chi connectivity index (χ1) is 16.6. The number of hydrogen-bond acceptors (Lipinski definition) is 8. The van der Waals surface area contributed by atoms with Crippen molar-refractivity contribution in [2.75, 3.05) is 37.4 Å². The van der Waals surface area contributed by atoms with Crippen molar-refractivity contribution in [1.29, 1.82) is 0 Å². The smallest absolute Gasteiger partial charge is 0.320 e. The van der Waals surface area contributed by atoms with Crippen molar-refractivity contribution in [2.24, 2.45) is 0 Å². The zero-order chi connectivity index (χ0) is 24.3. The molecule has 0 spiro atoms. The maximum atomic E-state index is 8.36. The molecule has 3 heterocycles. The van der Waals surface area contributed by atoms with E-state index in [2.05, 4.69) is 51.2 Å². The minimum atomic E-state index is -0.250. The van der Waals surface area contributed by atoms with Crippen LogP contribution in [0.4, 0.5) is 11.5 Å². The van der Waals surface area contributed by atoms with Crippen molar-refractivity contribution >= 4 is 29.0 Å². The molecule has 184 valence electrons. The number of nitrogen functional groups attached to an aromatic ring is 1. The first kappa shape index (κ1) is 25.2. The second-order valence-corrected chi connectivity index (χ2v) is 8.21. The van der Waals surface area contributed by atoms with E-state index in [0.717, 1.165) is 43.3 Å². The van der Waals surface area contributed by atoms with Crippen LogP contribution in [0.1, 0.15) is 44.6 Å². The minimum Gasteiger partial charge on any atom is -0.483 e. The zero-order valence-corrected chi connectivity index (χ0v) is 19.9. The first-order valence-corrected chi connectivity index (χ1v) is 11.7. The zero-order valence-electron chi connectivity index (χ0n) is 19.9. The van der Waals surface area contributed by atoms with Crippen molar-refractivity contribution in [3.63, 3.8) is 0 Å². The third-order valence-corrected chi connectivity index (χ3v) is 5.77. The Morgan fingerprint density at radius 2 is 1.88 bits per heavy atom. The van der Waals surface area contributed by atoms with Gasteiger partial charge in [0.2, 0.25) is 0 Å². The molecule has 10 nitrogen and oxygen atoms in total. The van der Waals surface area contributed by atoms with Crippen LogP contribution >= 0.6 is 0 Å². The van der Waals surface area contributed by atoms with Crippen LogP contribution in [0.25, 0.3) is 11.0 Å². The molecule has 1 aliphatic rings. The lowest BCUT2D eigenvalue weighted by Crippen LogP contribution is -2.20. The number of anilines is 2. The first-order valence-electron chi connectivity index (χ1n) is 11.7. The molecular formula is C24H34N6O4. The molecule has 0 saturated carbocycles. The number of hydrogen-bond donors (Lipinski definition) is 2. The summed E-state index contributed by atoms with van der Waals surface area (Å²) in [6.45, 7) is 5.41. The van der Waals surface area contributed by atoms with Gasteiger partial charge >= 0.3 is 6.01 Å². The standard InChI is InChI=1S/C23H32N6O2.CH2O2/c1-3-6-19(11-14-30-2)31-23-26-21(24)20-15-25-29(22(20)27-23)16-17-7-9-18(10-8-17)28-12-4-5-13-28;2-1-3/h7-10,15,19H,3-6,11-14,16H2,1-2H3,(H2,24,26,27);1H,(H,2,3)/t19-;/m1./s1. The van der Waals surface area contributed by atoms with E-state index in [1.54, 1.807) is 13.3 Å². The Morgan fingerprint density at radius 3 is 2.53 bits per heavy atom. The Labute approximate surface area is 199 Å². The molecule has 0 aliphatic carbocycles. The Balaban J connectivity index is 0.00000103. The number of ether oxygens (including phenoxy) is 2. The average Bonchev–Trinajstić information content (AvgIpc) is 3.50. The quantitative estimate of drug-likeness (QED) is 0.429. The molecule has 3 N–H and O–H groups in total. The molecule has 34 heavy (non-hydrogen) atoms. The summed E-state index contributed by atoms with van der Waals surface area (Å²) in [5.74, 6) is 0.387. The minimum absolute atomic E-state index is 0.00342. The average molecular weight is 471 g/mol. The van der Waals surface area contributed by atoms with Crippen LogP contribution in [0.15, 0.2) is 30.5 Å². The summed E-state index contributed by atoms with van der Waals surface area (Å²) in [6, 6.07) is 8.99. The third-order valence-electron chi connectivity index (χ3n) is 5.77. The number of aromatic nitrogens is 4. The van der Waals surface area contributed by atoms with Crippen LogP contribution in [0.5, 0.6) is 6.01 Å². The van der Waals surface area contributed by atoms with Gasteiger partial charge < -0.3 is 25.2 Å². The fourth-order valence-electron chi connectivity index (χ4n) is 4.07. The van der Waals surface area contributed by atoms with Crippen LogP contribution in [-0.2, 0) is 16.1 Å². The Morgan fingerprint density at radius 1 is 1.18 bits per heavy atom. The van der Waals surface area contributed by atoms with E-state index in [1.165, 1.54) is 18.5 Å². The summed E-state index contributed by atoms with van der Waals surface area (Å²) in [5, 5.41) is 12.1. The molecule has 0 bridgehead atoms. The molecule has 4 rings (SSSR count). The van der Waals surface area contributed by atoms with E-state index in [9.17, 15) is 0 Å². The second-order valence-electron chi connectivity index (χ2n) is 8.21. The number of nitrogens with two attached hydrogens (primary N) is 1. The number of nitrogens with zero attached hydrogens (tertiary/aromatic N) is 5. The van der Waals surface area contributed by atoms with Crippen LogP contribution in [-0.4, -0.2) is 64.2 Å². The van der Waals surface area contributed by atoms with Crippen molar-refractivity contribution in [1.82, 2.24) is 19.7 Å². The predicted molar refractivity (Wildman–Crippen MR) is 131 cm³/mol. The molecule has 1 aromatic carbocycles. The fourth-order valence-corrected chi connectivity index (χ4v) is 4.07. The van der Waals surface area contributed by atoms with E-state index in [4.69, 9.17) is 25.1 Å². The van der Waals surface area contributed by atoms with Crippen LogP contribution in [0.2, 0.25) is 0 Å². The monoisotopic (exact) mass is 470 g/mol. The summed E-state index contributed by atoms with van der Waals surface area (Å²) in [5.41, 5.74) is 9.32.